The van der Waals surface area contributed by atoms with E-state index in [4.69, 9.17) is 0 Å². The second kappa shape index (κ2) is 10.4. The summed E-state index contributed by atoms with van der Waals surface area (Å²) in [5.41, 5.74) is -0.601. The fraction of sp³-hybridized carbons (Fsp3) is 0.370. The fourth-order valence-corrected chi connectivity index (χ4v) is 5.60. The molecule has 1 fully saturated rings. The van der Waals surface area contributed by atoms with Gasteiger partial charge in [0.25, 0.3) is 5.91 Å². The number of hydrogen-bond acceptors (Lipinski definition) is 7. The molecule has 5 rings (SSSR count). The minimum atomic E-state index is -4.59. The van der Waals surface area contributed by atoms with Gasteiger partial charge in [0.2, 0.25) is 0 Å². The van der Waals surface area contributed by atoms with Crippen LogP contribution in [0.1, 0.15) is 36.1 Å². The van der Waals surface area contributed by atoms with Gasteiger partial charge < -0.3 is 20.4 Å². The summed E-state index contributed by atoms with van der Waals surface area (Å²) in [7, 11) is 0. The normalized spacial score (nSPS) is 19.8. The van der Waals surface area contributed by atoms with Crippen LogP contribution >= 0.6 is 11.8 Å². The van der Waals surface area contributed by atoms with Gasteiger partial charge in [0.1, 0.15) is 0 Å². The van der Waals surface area contributed by atoms with Gasteiger partial charge in [0.15, 0.2) is 5.17 Å². The Morgan fingerprint density at radius 1 is 1.21 bits per heavy atom. The molecular formula is C27H28F3N5O3S. The maximum Gasteiger partial charge on any atom is 0.416 e. The lowest BCUT2D eigenvalue weighted by atomic mass is 9.93. The standard InChI is InChI=1S/C27H28F3N5O3S/c1-26(2,38)19-5-4-17(21(11-19)27(28,29)30)13-35-22-6-3-16(9-18(22)12-32-35)10-23-24(37)33-25(39-23)34-8-7-31-20(14-34)15-36/h3-6,9-12,20,31,36,38H,7-8,13-15H2,1-2H3/b23-10+. The first kappa shape index (κ1) is 27.4. The third-order valence-electron chi connectivity index (χ3n) is 6.76. The zero-order valence-corrected chi connectivity index (χ0v) is 22.2. The van der Waals surface area contributed by atoms with Crippen LogP contribution in [0, 0.1) is 0 Å². The summed E-state index contributed by atoms with van der Waals surface area (Å²) < 4.78 is 43.0. The van der Waals surface area contributed by atoms with Crippen LogP contribution in [-0.2, 0) is 23.1 Å². The largest absolute Gasteiger partial charge is 0.416 e. The van der Waals surface area contributed by atoms with Crippen molar-refractivity contribution in [3.8, 4) is 0 Å². The first-order valence-corrected chi connectivity index (χ1v) is 13.2. The number of carbonyl (C=O) groups excluding carboxylic acids is 1. The number of carbonyl (C=O) groups is 1. The number of rotatable bonds is 5. The zero-order valence-electron chi connectivity index (χ0n) is 21.4. The van der Waals surface area contributed by atoms with E-state index in [1.54, 1.807) is 24.4 Å². The van der Waals surface area contributed by atoms with E-state index in [1.165, 1.54) is 42.4 Å². The monoisotopic (exact) mass is 559 g/mol. The Bertz CT molecular complexity index is 1480. The quantitative estimate of drug-likeness (QED) is 0.411. The number of amidine groups is 1. The summed E-state index contributed by atoms with van der Waals surface area (Å²) in [6.45, 7) is 4.72. The van der Waals surface area contributed by atoms with E-state index in [2.05, 4.69) is 15.4 Å². The van der Waals surface area contributed by atoms with E-state index in [0.29, 0.717) is 35.2 Å². The SMILES string of the molecule is CC(C)(O)c1ccc(Cn2ncc3cc(/C=C4/SC(N5CCNC(CO)C5)=NC4=O)ccc32)c(C(F)(F)F)c1. The van der Waals surface area contributed by atoms with Gasteiger partial charge in [-0.15, -0.1) is 0 Å². The van der Waals surface area contributed by atoms with Crippen molar-refractivity contribution in [3.05, 3.63) is 69.8 Å². The van der Waals surface area contributed by atoms with Crippen LogP contribution in [0.15, 0.2) is 52.5 Å². The molecule has 2 aromatic carbocycles. The van der Waals surface area contributed by atoms with Crippen molar-refractivity contribution < 1.29 is 28.2 Å². The highest BCUT2D eigenvalue weighted by Gasteiger charge is 2.35. The minimum absolute atomic E-state index is 0.00243. The Balaban J connectivity index is 1.36. The van der Waals surface area contributed by atoms with Gasteiger partial charge in [-0.2, -0.15) is 23.3 Å². The predicted octanol–water partition coefficient (Wildman–Crippen LogP) is 3.57. The summed E-state index contributed by atoms with van der Waals surface area (Å²) in [5.74, 6) is -0.334. The van der Waals surface area contributed by atoms with Crippen molar-refractivity contribution in [2.45, 2.75) is 38.2 Å². The summed E-state index contributed by atoms with van der Waals surface area (Å²) in [4.78, 5) is 19.2. The van der Waals surface area contributed by atoms with Crippen LogP contribution in [0.3, 0.4) is 0 Å². The van der Waals surface area contributed by atoms with E-state index in [0.717, 1.165) is 17.0 Å². The molecule has 3 heterocycles. The molecule has 2 aliphatic heterocycles. The van der Waals surface area contributed by atoms with Crippen LogP contribution < -0.4 is 5.32 Å². The lowest BCUT2D eigenvalue weighted by Gasteiger charge is -2.33. The lowest BCUT2D eigenvalue weighted by molar-refractivity contribution is -0.138. The van der Waals surface area contributed by atoms with Crippen LogP contribution in [0.2, 0.25) is 0 Å². The number of aliphatic hydroxyl groups is 2. The Labute approximate surface area is 227 Å². The minimum Gasteiger partial charge on any atom is -0.395 e. The topological polar surface area (TPSA) is 103 Å². The summed E-state index contributed by atoms with van der Waals surface area (Å²) in [5, 5.41) is 28.5. The van der Waals surface area contributed by atoms with Gasteiger partial charge in [-0.3, -0.25) is 9.48 Å². The number of amides is 1. The molecule has 0 bridgehead atoms. The van der Waals surface area contributed by atoms with Crippen molar-refractivity contribution in [1.82, 2.24) is 20.0 Å². The molecule has 0 radical (unpaired) electrons. The number of thioether (sulfide) groups is 1. The number of benzene rings is 2. The van der Waals surface area contributed by atoms with Gasteiger partial charge in [0.05, 0.1) is 40.9 Å². The van der Waals surface area contributed by atoms with Crippen molar-refractivity contribution in [2.24, 2.45) is 4.99 Å². The van der Waals surface area contributed by atoms with Crippen LogP contribution in [0.25, 0.3) is 17.0 Å². The molecule has 0 saturated carbocycles. The number of aliphatic hydroxyl groups excluding tert-OH is 1. The van der Waals surface area contributed by atoms with E-state index >= 15 is 0 Å². The highest BCUT2D eigenvalue weighted by atomic mass is 32.2. The molecule has 2 aliphatic rings. The first-order valence-electron chi connectivity index (χ1n) is 12.4. The molecule has 1 unspecified atom stereocenters. The smallest absolute Gasteiger partial charge is 0.395 e. The number of alkyl halides is 3. The number of piperazine rings is 1. The molecule has 39 heavy (non-hydrogen) atoms. The molecule has 1 aromatic heterocycles. The van der Waals surface area contributed by atoms with Crippen LogP contribution in [0.4, 0.5) is 13.2 Å². The molecule has 206 valence electrons. The second-order valence-corrected chi connectivity index (χ2v) is 11.1. The van der Waals surface area contributed by atoms with Gasteiger partial charge in [-0.05, 0) is 66.6 Å². The van der Waals surface area contributed by atoms with Crippen LogP contribution in [-0.4, -0.2) is 68.3 Å². The third-order valence-corrected chi connectivity index (χ3v) is 7.81. The van der Waals surface area contributed by atoms with Crippen molar-refractivity contribution in [2.75, 3.05) is 26.2 Å². The highest BCUT2D eigenvalue weighted by Crippen LogP contribution is 2.36. The lowest BCUT2D eigenvalue weighted by Crippen LogP contribution is -2.53. The third kappa shape index (κ3) is 5.88. The zero-order chi connectivity index (χ0) is 27.9. The summed E-state index contributed by atoms with van der Waals surface area (Å²) in [6.07, 6.45) is -1.27. The summed E-state index contributed by atoms with van der Waals surface area (Å²) >= 11 is 1.28. The van der Waals surface area contributed by atoms with E-state index in [9.17, 15) is 28.2 Å². The average Bonchev–Trinajstić information content (AvgIpc) is 3.45. The predicted molar refractivity (Wildman–Crippen MR) is 144 cm³/mol. The maximum atomic E-state index is 13.8. The number of aromatic nitrogens is 2. The van der Waals surface area contributed by atoms with Gasteiger partial charge >= 0.3 is 6.18 Å². The average molecular weight is 560 g/mol. The molecule has 0 aliphatic carbocycles. The van der Waals surface area contributed by atoms with E-state index < -0.39 is 17.3 Å². The van der Waals surface area contributed by atoms with Crippen molar-refractivity contribution in [3.63, 3.8) is 0 Å². The van der Waals surface area contributed by atoms with Gasteiger partial charge in [-0.1, -0.05) is 18.2 Å². The first-order chi connectivity index (χ1) is 18.4. The molecule has 1 atom stereocenters. The number of hydrogen-bond donors (Lipinski definition) is 3. The molecule has 0 spiro atoms. The number of fused-ring (bicyclic) bond motifs is 1. The highest BCUT2D eigenvalue weighted by molar-refractivity contribution is 8.18. The van der Waals surface area contributed by atoms with Gasteiger partial charge in [0, 0.05) is 31.1 Å². The van der Waals surface area contributed by atoms with Crippen LogP contribution in [0.5, 0.6) is 0 Å². The number of nitrogens with one attached hydrogen (secondary N) is 1. The van der Waals surface area contributed by atoms with Gasteiger partial charge in [-0.25, -0.2) is 0 Å². The molecule has 3 aromatic rings. The molecule has 8 nitrogen and oxygen atoms in total. The Kier molecular flexibility index (Phi) is 7.31. The Morgan fingerprint density at radius 3 is 2.72 bits per heavy atom. The number of halogens is 3. The number of nitrogens with zero attached hydrogens (tertiary/aromatic N) is 4. The molecule has 3 N–H and O–H groups in total. The van der Waals surface area contributed by atoms with Crippen molar-refractivity contribution in [1.29, 1.82) is 0 Å². The fourth-order valence-electron chi connectivity index (χ4n) is 4.65. The Hall–Kier alpha value is -3.19. The maximum absolute atomic E-state index is 13.8. The molecule has 1 saturated heterocycles. The van der Waals surface area contributed by atoms with E-state index in [-0.39, 0.29) is 36.2 Å². The summed E-state index contributed by atoms with van der Waals surface area (Å²) in [6, 6.07) is 9.17. The van der Waals surface area contributed by atoms with Crippen molar-refractivity contribution >= 4 is 39.8 Å². The molecule has 12 heteroatoms. The number of aliphatic imine (C=N–C) groups is 1. The molecule has 1 amide bonds. The second-order valence-electron chi connectivity index (χ2n) is 10.1. The molecular weight excluding hydrogens is 531 g/mol. The van der Waals surface area contributed by atoms with E-state index in [1.807, 2.05) is 11.0 Å². The Morgan fingerprint density at radius 2 is 2.00 bits per heavy atom.